The molecular formula is C16H16BrNO2. The zero-order valence-corrected chi connectivity index (χ0v) is 13.3. The van der Waals surface area contributed by atoms with Crippen LogP contribution in [0.4, 0.5) is 0 Å². The molecule has 104 valence electrons. The Bertz CT molecular complexity index is 732. The molecule has 0 unspecified atom stereocenters. The largest absolute Gasteiger partial charge is 0.306 e. The maximum absolute atomic E-state index is 12.4. The Labute approximate surface area is 126 Å². The van der Waals surface area contributed by atoms with Gasteiger partial charge < -0.3 is 4.57 Å². The molecule has 2 rings (SSSR count). The summed E-state index contributed by atoms with van der Waals surface area (Å²) in [4.78, 5) is 24.4. The predicted octanol–water partition coefficient (Wildman–Crippen LogP) is 3.42. The van der Waals surface area contributed by atoms with Crippen LogP contribution in [0.25, 0.3) is 0 Å². The molecule has 3 nitrogen and oxygen atoms in total. The van der Waals surface area contributed by atoms with Gasteiger partial charge in [0.2, 0.25) is 0 Å². The SMILES string of the molecule is Cc1ccc(C)c(C(=O)Cn2cc(Br)cc(C)c2=O)c1. The summed E-state index contributed by atoms with van der Waals surface area (Å²) in [7, 11) is 0. The number of aryl methyl sites for hydroxylation is 3. The summed E-state index contributed by atoms with van der Waals surface area (Å²) in [6.45, 7) is 5.66. The van der Waals surface area contributed by atoms with Crippen molar-refractivity contribution in [2.75, 3.05) is 0 Å². The van der Waals surface area contributed by atoms with Crippen molar-refractivity contribution >= 4 is 21.7 Å². The number of hydrogen-bond acceptors (Lipinski definition) is 2. The van der Waals surface area contributed by atoms with Crippen LogP contribution < -0.4 is 5.56 Å². The van der Waals surface area contributed by atoms with E-state index in [4.69, 9.17) is 0 Å². The second kappa shape index (κ2) is 5.75. The van der Waals surface area contributed by atoms with E-state index in [2.05, 4.69) is 15.9 Å². The van der Waals surface area contributed by atoms with Crippen molar-refractivity contribution < 1.29 is 4.79 Å². The summed E-state index contributed by atoms with van der Waals surface area (Å²) in [5, 5.41) is 0. The highest BCUT2D eigenvalue weighted by Gasteiger charge is 2.12. The first-order valence-corrected chi connectivity index (χ1v) is 7.15. The number of ketones is 1. The Morgan fingerprint density at radius 3 is 2.55 bits per heavy atom. The molecule has 0 aliphatic carbocycles. The van der Waals surface area contributed by atoms with E-state index in [1.54, 1.807) is 19.2 Å². The maximum atomic E-state index is 12.4. The number of aromatic nitrogens is 1. The van der Waals surface area contributed by atoms with Gasteiger partial charge in [-0.1, -0.05) is 17.7 Å². The Morgan fingerprint density at radius 2 is 1.85 bits per heavy atom. The smallest absolute Gasteiger partial charge is 0.253 e. The molecule has 0 radical (unpaired) electrons. The molecule has 1 heterocycles. The van der Waals surface area contributed by atoms with E-state index in [1.807, 2.05) is 32.0 Å². The average Bonchev–Trinajstić information content (AvgIpc) is 2.38. The molecule has 20 heavy (non-hydrogen) atoms. The highest BCUT2D eigenvalue weighted by Crippen LogP contribution is 2.13. The van der Waals surface area contributed by atoms with Crippen LogP contribution in [0.2, 0.25) is 0 Å². The third kappa shape index (κ3) is 3.07. The number of rotatable bonds is 3. The van der Waals surface area contributed by atoms with Crippen molar-refractivity contribution in [3.63, 3.8) is 0 Å². The van der Waals surface area contributed by atoms with Gasteiger partial charge in [0.15, 0.2) is 5.78 Å². The van der Waals surface area contributed by atoms with Crippen LogP contribution in [0.3, 0.4) is 0 Å². The number of Topliss-reactive ketones (excluding diaryl/α,β-unsaturated/α-hetero) is 1. The van der Waals surface area contributed by atoms with E-state index < -0.39 is 0 Å². The molecule has 0 spiro atoms. The number of carbonyl (C=O) groups excluding carboxylic acids is 1. The van der Waals surface area contributed by atoms with Crippen molar-refractivity contribution in [2.45, 2.75) is 27.3 Å². The lowest BCUT2D eigenvalue weighted by molar-refractivity contribution is 0.0970. The molecule has 0 fully saturated rings. The normalized spacial score (nSPS) is 10.6. The summed E-state index contributed by atoms with van der Waals surface area (Å²) in [5.74, 6) is -0.0502. The van der Waals surface area contributed by atoms with Crippen LogP contribution in [0.5, 0.6) is 0 Å². The van der Waals surface area contributed by atoms with E-state index in [9.17, 15) is 9.59 Å². The number of pyridine rings is 1. The van der Waals surface area contributed by atoms with Gasteiger partial charge in [-0.25, -0.2) is 0 Å². The van der Waals surface area contributed by atoms with Gasteiger partial charge in [0.1, 0.15) is 0 Å². The predicted molar refractivity (Wildman–Crippen MR) is 83.4 cm³/mol. The van der Waals surface area contributed by atoms with Crippen molar-refractivity contribution in [3.8, 4) is 0 Å². The molecule has 0 N–H and O–H groups in total. The van der Waals surface area contributed by atoms with Gasteiger partial charge in [0, 0.05) is 21.8 Å². The summed E-state index contributed by atoms with van der Waals surface area (Å²) < 4.78 is 2.24. The molecule has 1 aromatic heterocycles. The number of carbonyl (C=O) groups is 1. The second-order valence-electron chi connectivity index (χ2n) is 5.02. The van der Waals surface area contributed by atoms with Gasteiger partial charge in [-0.05, 0) is 54.4 Å². The van der Waals surface area contributed by atoms with Gasteiger partial charge in [-0.15, -0.1) is 0 Å². The zero-order chi connectivity index (χ0) is 14.9. The monoisotopic (exact) mass is 333 g/mol. The van der Waals surface area contributed by atoms with Gasteiger partial charge in [0.05, 0.1) is 6.54 Å². The number of nitrogens with zero attached hydrogens (tertiary/aromatic N) is 1. The van der Waals surface area contributed by atoms with E-state index in [0.717, 1.165) is 15.6 Å². The second-order valence-corrected chi connectivity index (χ2v) is 5.93. The molecule has 0 amide bonds. The van der Waals surface area contributed by atoms with Crippen molar-refractivity contribution in [1.82, 2.24) is 4.57 Å². The lowest BCUT2D eigenvalue weighted by Gasteiger charge is -2.09. The molecule has 0 saturated carbocycles. The molecule has 0 atom stereocenters. The van der Waals surface area contributed by atoms with Crippen LogP contribution in [-0.2, 0) is 6.54 Å². The Hall–Kier alpha value is -1.68. The molecule has 0 aliphatic rings. The Kier molecular flexibility index (Phi) is 4.23. The maximum Gasteiger partial charge on any atom is 0.253 e. The quantitative estimate of drug-likeness (QED) is 0.807. The third-order valence-electron chi connectivity index (χ3n) is 3.24. The van der Waals surface area contributed by atoms with Gasteiger partial charge in [0.25, 0.3) is 5.56 Å². The summed E-state index contributed by atoms with van der Waals surface area (Å²) >= 11 is 3.35. The topological polar surface area (TPSA) is 39.1 Å². The van der Waals surface area contributed by atoms with Crippen LogP contribution >= 0.6 is 15.9 Å². The van der Waals surface area contributed by atoms with E-state index >= 15 is 0 Å². The van der Waals surface area contributed by atoms with Crippen LogP contribution in [0, 0.1) is 20.8 Å². The summed E-state index contributed by atoms with van der Waals surface area (Å²) in [5.41, 5.74) is 3.13. The molecule has 2 aromatic rings. The number of benzene rings is 1. The molecule has 0 bridgehead atoms. The van der Waals surface area contributed by atoms with Gasteiger partial charge >= 0.3 is 0 Å². The Morgan fingerprint density at radius 1 is 1.15 bits per heavy atom. The van der Waals surface area contributed by atoms with Crippen molar-refractivity contribution in [1.29, 1.82) is 0 Å². The summed E-state index contributed by atoms with van der Waals surface area (Å²) in [6, 6.07) is 7.52. The molecule has 4 heteroatoms. The van der Waals surface area contributed by atoms with Gasteiger partial charge in [-0.2, -0.15) is 0 Å². The summed E-state index contributed by atoms with van der Waals surface area (Å²) in [6.07, 6.45) is 1.65. The van der Waals surface area contributed by atoms with Crippen LogP contribution in [0.1, 0.15) is 27.0 Å². The fourth-order valence-electron chi connectivity index (χ4n) is 2.13. The highest BCUT2D eigenvalue weighted by atomic mass is 79.9. The minimum Gasteiger partial charge on any atom is -0.306 e. The van der Waals surface area contributed by atoms with Crippen molar-refractivity contribution in [2.24, 2.45) is 0 Å². The number of hydrogen-bond donors (Lipinski definition) is 0. The lowest BCUT2D eigenvalue weighted by atomic mass is 10.0. The zero-order valence-electron chi connectivity index (χ0n) is 11.7. The first-order valence-electron chi connectivity index (χ1n) is 6.35. The number of halogens is 1. The van der Waals surface area contributed by atoms with Crippen molar-refractivity contribution in [3.05, 3.63) is 67.5 Å². The standard InChI is InChI=1S/C16H16BrNO2/c1-10-4-5-11(2)14(6-10)15(19)9-18-8-13(17)7-12(3)16(18)20/h4-8H,9H2,1-3H3. The first kappa shape index (κ1) is 14.7. The molecule has 0 aliphatic heterocycles. The molecule has 0 saturated heterocycles. The third-order valence-corrected chi connectivity index (χ3v) is 3.67. The van der Waals surface area contributed by atoms with E-state index in [0.29, 0.717) is 11.1 Å². The van der Waals surface area contributed by atoms with E-state index in [-0.39, 0.29) is 17.9 Å². The average molecular weight is 334 g/mol. The first-order chi connectivity index (χ1) is 9.38. The van der Waals surface area contributed by atoms with Crippen LogP contribution in [0.15, 0.2) is 39.7 Å². The molecule has 1 aromatic carbocycles. The highest BCUT2D eigenvalue weighted by molar-refractivity contribution is 9.10. The van der Waals surface area contributed by atoms with E-state index in [1.165, 1.54) is 4.57 Å². The fraction of sp³-hybridized carbons (Fsp3) is 0.250. The minimum absolute atomic E-state index is 0.0502. The lowest BCUT2D eigenvalue weighted by Crippen LogP contribution is -2.25. The van der Waals surface area contributed by atoms with Crippen LogP contribution in [-0.4, -0.2) is 10.4 Å². The minimum atomic E-state index is -0.133. The fourth-order valence-corrected chi connectivity index (χ4v) is 2.72. The molecular weight excluding hydrogens is 318 g/mol. The van der Waals surface area contributed by atoms with Gasteiger partial charge in [-0.3, -0.25) is 9.59 Å². The Balaban J connectivity index is 2.38.